The minimum absolute atomic E-state index is 0.193. The van der Waals surface area contributed by atoms with Gasteiger partial charge in [0.15, 0.2) is 0 Å². The molecule has 0 aromatic heterocycles. The molecular formula is C16H27N3O. The largest absolute Gasteiger partial charge is 0.489 e. The third-order valence-electron chi connectivity index (χ3n) is 3.94. The Morgan fingerprint density at radius 1 is 1.25 bits per heavy atom. The molecule has 1 aromatic rings. The Hall–Kier alpha value is -1.26. The maximum absolute atomic E-state index is 5.98. The average Bonchev–Trinajstić information content (AvgIpc) is 2.42. The van der Waals surface area contributed by atoms with Crippen molar-refractivity contribution in [2.45, 2.75) is 26.4 Å². The molecule has 1 unspecified atom stereocenters. The summed E-state index contributed by atoms with van der Waals surface area (Å²) in [5, 5.41) is 0. The predicted octanol–water partition coefficient (Wildman–Crippen LogP) is 1.98. The van der Waals surface area contributed by atoms with Crippen LogP contribution in [0.4, 0.5) is 5.69 Å². The van der Waals surface area contributed by atoms with E-state index in [0.29, 0.717) is 0 Å². The molecule has 0 aliphatic carbocycles. The van der Waals surface area contributed by atoms with Crippen LogP contribution in [0.25, 0.3) is 0 Å². The van der Waals surface area contributed by atoms with Gasteiger partial charge in [0, 0.05) is 32.7 Å². The van der Waals surface area contributed by atoms with Gasteiger partial charge in [-0.3, -0.25) is 0 Å². The molecule has 0 radical (unpaired) electrons. The van der Waals surface area contributed by atoms with E-state index in [-0.39, 0.29) is 6.10 Å². The van der Waals surface area contributed by atoms with Crippen molar-refractivity contribution in [3.05, 3.63) is 23.8 Å². The first-order valence-electron chi connectivity index (χ1n) is 7.48. The van der Waals surface area contributed by atoms with Crippen molar-refractivity contribution in [2.75, 3.05) is 45.5 Å². The number of rotatable bonds is 5. The highest BCUT2D eigenvalue weighted by Crippen LogP contribution is 2.24. The molecule has 1 fully saturated rings. The molecule has 1 atom stereocenters. The second-order valence-electron chi connectivity index (χ2n) is 5.90. The maximum Gasteiger partial charge on any atom is 0.142 e. The molecule has 0 spiro atoms. The van der Waals surface area contributed by atoms with Gasteiger partial charge in [0.2, 0.25) is 0 Å². The number of nitrogen functional groups attached to an aromatic ring is 1. The van der Waals surface area contributed by atoms with Gasteiger partial charge < -0.3 is 20.3 Å². The predicted molar refractivity (Wildman–Crippen MR) is 84.2 cm³/mol. The normalized spacial score (nSPS) is 18.9. The summed E-state index contributed by atoms with van der Waals surface area (Å²) in [6, 6.07) is 5.94. The van der Waals surface area contributed by atoms with Crippen molar-refractivity contribution >= 4 is 5.69 Å². The summed E-state index contributed by atoms with van der Waals surface area (Å²) in [6.07, 6.45) is 1.23. The fraction of sp³-hybridized carbons (Fsp3) is 0.625. The summed E-state index contributed by atoms with van der Waals surface area (Å²) in [6.45, 7) is 9.94. The van der Waals surface area contributed by atoms with Crippen LogP contribution in [0.15, 0.2) is 18.2 Å². The van der Waals surface area contributed by atoms with Crippen LogP contribution < -0.4 is 10.5 Å². The van der Waals surface area contributed by atoms with E-state index in [4.69, 9.17) is 10.5 Å². The van der Waals surface area contributed by atoms with E-state index in [1.807, 2.05) is 18.2 Å². The molecule has 0 bridgehead atoms. The molecular weight excluding hydrogens is 250 g/mol. The summed E-state index contributed by atoms with van der Waals surface area (Å²) in [4.78, 5) is 4.89. The van der Waals surface area contributed by atoms with Crippen LogP contribution in [-0.2, 0) is 0 Å². The first-order chi connectivity index (χ1) is 9.54. The zero-order chi connectivity index (χ0) is 14.5. The first-order valence-corrected chi connectivity index (χ1v) is 7.48. The van der Waals surface area contributed by atoms with Crippen LogP contribution >= 0.6 is 0 Å². The lowest BCUT2D eigenvalue weighted by Gasteiger charge is -2.32. The van der Waals surface area contributed by atoms with Crippen molar-refractivity contribution in [1.82, 2.24) is 9.80 Å². The van der Waals surface area contributed by atoms with Crippen molar-refractivity contribution < 1.29 is 4.74 Å². The van der Waals surface area contributed by atoms with E-state index in [2.05, 4.69) is 30.7 Å². The van der Waals surface area contributed by atoms with Gasteiger partial charge >= 0.3 is 0 Å². The molecule has 4 heteroatoms. The van der Waals surface area contributed by atoms with Gasteiger partial charge in [0.05, 0.1) is 11.8 Å². The number of ether oxygens (including phenoxy) is 1. The van der Waals surface area contributed by atoms with Crippen LogP contribution in [0.3, 0.4) is 0 Å². The van der Waals surface area contributed by atoms with E-state index in [1.165, 1.54) is 18.7 Å². The SMILES string of the molecule is Cc1ccc(N)c(OC(C)CCN2CCN(C)CC2)c1. The Bertz CT molecular complexity index is 428. The summed E-state index contributed by atoms with van der Waals surface area (Å²) >= 11 is 0. The van der Waals surface area contributed by atoms with Crippen molar-refractivity contribution in [3.63, 3.8) is 0 Å². The van der Waals surface area contributed by atoms with E-state index in [9.17, 15) is 0 Å². The Morgan fingerprint density at radius 3 is 2.65 bits per heavy atom. The highest BCUT2D eigenvalue weighted by Gasteiger charge is 2.15. The van der Waals surface area contributed by atoms with Crippen molar-refractivity contribution in [1.29, 1.82) is 0 Å². The number of aryl methyl sites for hydroxylation is 1. The highest BCUT2D eigenvalue weighted by atomic mass is 16.5. The molecule has 1 aliphatic rings. The molecule has 1 saturated heterocycles. The Morgan fingerprint density at radius 2 is 1.95 bits per heavy atom. The zero-order valence-electron chi connectivity index (χ0n) is 12.9. The topological polar surface area (TPSA) is 41.7 Å². The standard InChI is InChI=1S/C16H27N3O/c1-13-4-5-15(17)16(12-13)20-14(2)6-7-19-10-8-18(3)9-11-19/h4-5,12,14H,6-11,17H2,1-3H3. The lowest BCUT2D eigenvalue weighted by atomic mass is 10.2. The fourth-order valence-electron chi connectivity index (χ4n) is 2.46. The lowest BCUT2D eigenvalue weighted by Crippen LogP contribution is -2.45. The Labute approximate surface area is 122 Å². The number of piperazine rings is 1. The number of nitrogens with two attached hydrogens (primary N) is 1. The quantitative estimate of drug-likeness (QED) is 0.836. The Kier molecular flexibility index (Phi) is 5.26. The van der Waals surface area contributed by atoms with Crippen molar-refractivity contribution in [3.8, 4) is 5.75 Å². The van der Waals surface area contributed by atoms with Crippen LogP contribution in [-0.4, -0.2) is 55.7 Å². The number of nitrogens with zero attached hydrogens (tertiary/aromatic N) is 2. The summed E-state index contributed by atoms with van der Waals surface area (Å²) in [7, 11) is 2.18. The number of likely N-dealkylation sites (N-methyl/N-ethyl adjacent to an activating group) is 1. The van der Waals surface area contributed by atoms with E-state index < -0.39 is 0 Å². The van der Waals surface area contributed by atoms with Crippen LogP contribution in [0.2, 0.25) is 0 Å². The van der Waals surface area contributed by atoms with Gasteiger partial charge in [-0.1, -0.05) is 6.07 Å². The molecule has 0 amide bonds. The lowest BCUT2D eigenvalue weighted by molar-refractivity contribution is 0.129. The average molecular weight is 277 g/mol. The number of benzene rings is 1. The number of hydrogen-bond acceptors (Lipinski definition) is 4. The van der Waals surface area contributed by atoms with Gasteiger partial charge in [-0.2, -0.15) is 0 Å². The van der Waals surface area contributed by atoms with Crippen LogP contribution in [0, 0.1) is 6.92 Å². The van der Waals surface area contributed by atoms with Crippen LogP contribution in [0.5, 0.6) is 5.75 Å². The van der Waals surface area contributed by atoms with Gasteiger partial charge in [-0.25, -0.2) is 0 Å². The molecule has 112 valence electrons. The highest BCUT2D eigenvalue weighted by molar-refractivity contribution is 5.53. The minimum Gasteiger partial charge on any atom is -0.489 e. The molecule has 4 nitrogen and oxygen atoms in total. The summed E-state index contributed by atoms with van der Waals surface area (Å²) < 4.78 is 5.98. The summed E-state index contributed by atoms with van der Waals surface area (Å²) in [5.41, 5.74) is 7.86. The van der Waals surface area contributed by atoms with E-state index in [0.717, 1.165) is 37.5 Å². The molecule has 2 N–H and O–H groups in total. The monoisotopic (exact) mass is 277 g/mol. The van der Waals surface area contributed by atoms with Crippen molar-refractivity contribution in [2.24, 2.45) is 0 Å². The van der Waals surface area contributed by atoms with Crippen LogP contribution in [0.1, 0.15) is 18.9 Å². The number of hydrogen-bond donors (Lipinski definition) is 1. The van der Waals surface area contributed by atoms with Gasteiger partial charge in [0.25, 0.3) is 0 Å². The second-order valence-corrected chi connectivity index (χ2v) is 5.90. The smallest absolute Gasteiger partial charge is 0.142 e. The number of anilines is 1. The first kappa shape index (κ1) is 15.1. The third-order valence-corrected chi connectivity index (χ3v) is 3.94. The second kappa shape index (κ2) is 6.95. The zero-order valence-corrected chi connectivity index (χ0v) is 12.9. The maximum atomic E-state index is 5.98. The van der Waals surface area contributed by atoms with E-state index in [1.54, 1.807) is 0 Å². The molecule has 20 heavy (non-hydrogen) atoms. The Balaban J connectivity index is 1.77. The van der Waals surface area contributed by atoms with Gasteiger partial charge in [-0.15, -0.1) is 0 Å². The fourth-order valence-corrected chi connectivity index (χ4v) is 2.46. The summed E-state index contributed by atoms with van der Waals surface area (Å²) in [5.74, 6) is 0.816. The van der Waals surface area contributed by atoms with Gasteiger partial charge in [0.1, 0.15) is 5.75 Å². The van der Waals surface area contributed by atoms with Gasteiger partial charge in [-0.05, 0) is 45.0 Å². The molecule has 1 aromatic carbocycles. The molecule has 1 aliphatic heterocycles. The molecule has 2 rings (SSSR count). The minimum atomic E-state index is 0.193. The molecule has 1 heterocycles. The molecule has 0 saturated carbocycles. The van der Waals surface area contributed by atoms with E-state index >= 15 is 0 Å². The third kappa shape index (κ3) is 4.39.